The van der Waals surface area contributed by atoms with E-state index in [0.29, 0.717) is 0 Å². The molecule has 29 heavy (non-hydrogen) atoms. The van der Waals surface area contributed by atoms with Crippen molar-refractivity contribution in [3.8, 4) is 0 Å². The van der Waals surface area contributed by atoms with Crippen LogP contribution in [0, 0.1) is 0 Å². The molecule has 2 saturated heterocycles. The van der Waals surface area contributed by atoms with Crippen LogP contribution >= 0.6 is 0 Å². The number of likely N-dealkylation sites (tertiary alicyclic amines) is 1. The molecule has 2 N–H and O–H groups in total. The van der Waals surface area contributed by atoms with E-state index in [4.69, 9.17) is 0 Å². The number of carbonyl (C=O) groups is 1. The summed E-state index contributed by atoms with van der Waals surface area (Å²) in [5, 5.41) is 6.79. The molecule has 2 heterocycles. The Kier molecular flexibility index (Phi) is 6.80. The third-order valence-corrected chi connectivity index (χ3v) is 6.12. The molecule has 5 nitrogen and oxygen atoms in total. The van der Waals surface area contributed by atoms with Crippen molar-refractivity contribution in [2.75, 3.05) is 39.3 Å². The average molecular weight is 393 g/mol. The van der Waals surface area contributed by atoms with Gasteiger partial charge in [-0.3, -0.25) is 0 Å². The number of hydrogen-bond donors (Lipinski definition) is 2. The predicted octanol–water partition coefficient (Wildman–Crippen LogP) is 3.25. The number of benzene rings is 2. The molecule has 2 aromatic carbocycles. The number of urea groups is 1. The second-order valence-electron chi connectivity index (χ2n) is 8.09. The molecule has 2 amide bonds. The summed E-state index contributed by atoms with van der Waals surface area (Å²) < 4.78 is 0. The van der Waals surface area contributed by atoms with Crippen LogP contribution in [0.15, 0.2) is 60.7 Å². The SMILES string of the molecule is O=C(NC(c1ccccc1)c1ccccc1)N1CCNCC1CCN1CCCC1. The van der Waals surface area contributed by atoms with Gasteiger partial charge in [0.15, 0.2) is 0 Å². The van der Waals surface area contributed by atoms with Gasteiger partial charge in [0.25, 0.3) is 0 Å². The third-order valence-electron chi connectivity index (χ3n) is 6.12. The maximum absolute atomic E-state index is 13.3. The van der Waals surface area contributed by atoms with Crippen molar-refractivity contribution < 1.29 is 4.79 Å². The third kappa shape index (κ3) is 5.17. The summed E-state index contributed by atoms with van der Waals surface area (Å²) in [6.45, 7) is 5.98. The quantitative estimate of drug-likeness (QED) is 0.793. The first-order valence-corrected chi connectivity index (χ1v) is 10.9. The van der Waals surface area contributed by atoms with Crippen LogP contribution < -0.4 is 10.6 Å². The molecule has 1 atom stereocenters. The van der Waals surface area contributed by atoms with Crippen LogP contribution in [0.25, 0.3) is 0 Å². The summed E-state index contributed by atoms with van der Waals surface area (Å²) in [7, 11) is 0. The zero-order chi connectivity index (χ0) is 19.9. The van der Waals surface area contributed by atoms with Gasteiger partial charge in [-0.2, -0.15) is 0 Å². The first kappa shape index (κ1) is 19.9. The molecule has 0 spiro atoms. The van der Waals surface area contributed by atoms with Crippen LogP contribution in [-0.4, -0.2) is 61.1 Å². The Morgan fingerprint density at radius 2 is 1.59 bits per heavy atom. The van der Waals surface area contributed by atoms with Crippen LogP contribution in [0.2, 0.25) is 0 Å². The van der Waals surface area contributed by atoms with Crippen molar-refractivity contribution in [1.29, 1.82) is 0 Å². The van der Waals surface area contributed by atoms with E-state index in [-0.39, 0.29) is 18.1 Å². The fourth-order valence-corrected chi connectivity index (χ4v) is 4.48. The minimum Gasteiger partial charge on any atom is -0.327 e. The zero-order valence-corrected chi connectivity index (χ0v) is 17.1. The lowest BCUT2D eigenvalue weighted by Crippen LogP contribution is -2.57. The Balaban J connectivity index is 1.46. The van der Waals surface area contributed by atoms with Crippen LogP contribution in [-0.2, 0) is 0 Å². The highest BCUT2D eigenvalue weighted by atomic mass is 16.2. The van der Waals surface area contributed by atoms with Gasteiger partial charge < -0.3 is 20.4 Å². The van der Waals surface area contributed by atoms with Crippen LogP contribution in [0.5, 0.6) is 0 Å². The van der Waals surface area contributed by atoms with Crippen molar-refractivity contribution in [3.05, 3.63) is 71.8 Å². The Hall–Kier alpha value is -2.37. The molecule has 0 radical (unpaired) electrons. The monoisotopic (exact) mass is 392 g/mol. The molecule has 0 aromatic heterocycles. The minimum absolute atomic E-state index is 0.0376. The number of piperazine rings is 1. The highest BCUT2D eigenvalue weighted by molar-refractivity contribution is 5.76. The first-order valence-electron chi connectivity index (χ1n) is 10.9. The molecule has 4 rings (SSSR count). The standard InChI is InChI=1S/C24H32N4O/c29-24(28-18-14-25-19-22(28)13-17-27-15-7-8-16-27)26-23(20-9-3-1-4-10-20)21-11-5-2-6-12-21/h1-6,9-12,22-23,25H,7-8,13-19H2,(H,26,29). The number of nitrogens with one attached hydrogen (secondary N) is 2. The Morgan fingerprint density at radius 1 is 0.966 bits per heavy atom. The molecule has 0 saturated carbocycles. The van der Waals surface area contributed by atoms with Crippen molar-refractivity contribution >= 4 is 6.03 Å². The fraction of sp³-hybridized carbons (Fsp3) is 0.458. The number of carbonyl (C=O) groups excluding carboxylic acids is 1. The summed E-state index contributed by atoms with van der Waals surface area (Å²) in [4.78, 5) is 17.9. The molecular weight excluding hydrogens is 360 g/mol. The van der Waals surface area contributed by atoms with Crippen LogP contribution in [0.4, 0.5) is 4.79 Å². The highest BCUT2D eigenvalue weighted by Gasteiger charge is 2.29. The van der Waals surface area contributed by atoms with Gasteiger partial charge in [-0.05, 0) is 43.5 Å². The van der Waals surface area contributed by atoms with Crippen LogP contribution in [0.3, 0.4) is 0 Å². The molecule has 2 aliphatic heterocycles. The summed E-state index contributed by atoms with van der Waals surface area (Å²) in [5.41, 5.74) is 2.21. The predicted molar refractivity (Wildman–Crippen MR) is 117 cm³/mol. The van der Waals surface area contributed by atoms with E-state index >= 15 is 0 Å². The van der Waals surface area contributed by atoms with Gasteiger partial charge in [0.05, 0.1) is 6.04 Å². The average Bonchev–Trinajstić information content (AvgIpc) is 3.31. The van der Waals surface area contributed by atoms with E-state index in [9.17, 15) is 4.79 Å². The van der Waals surface area contributed by atoms with Gasteiger partial charge >= 0.3 is 6.03 Å². The topological polar surface area (TPSA) is 47.6 Å². The van der Waals surface area contributed by atoms with E-state index < -0.39 is 0 Å². The number of amides is 2. The lowest BCUT2D eigenvalue weighted by Gasteiger charge is -2.38. The molecular formula is C24H32N4O. The molecule has 2 aromatic rings. The van der Waals surface area contributed by atoms with Gasteiger partial charge in [-0.15, -0.1) is 0 Å². The van der Waals surface area contributed by atoms with Gasteiger partial charge in [0.1, 0.15) is 0 Å². The van der Waals surface area contributed by atoms with Gasteiger partial charge in [-0.1, -0.05) is 60.7 Å². The molecule has 0 bridgehead atoms. The van der Waals surface area contributed by atoms with Gasteiger partial charge in [-0.25, -0.2) is 4.79 Å². The van der Waals surface area contributed by atoms with Crippen molar-refractivity contribution in [3.63, 3.8) is 0 Å². The maximum atomic E-state index is 13.3. The van der Waals surface area contributed by atoms with Crippen molar-refractivity contribution in [2.45, 2.75) is 31.3 Å². The number of rotatable bonds is 6. The fourth-order valence-electron chi connectivity index (χ4n) is 4.48. The molecule has 154 valence electrons. The second kappa shape index (κ2) is 9.90. The molecule has 2 fully saturated rings. The summed E-state index contributed by atoms with van der Waals surface area (Å²) >= 11 is 0. The van der Waals surface area contributed by atoms with Crippen molar-refractivity contribution in [2.24, 2.45) is 0 Å². The lowest BCUT2D eigenvalue weighted by atomic mass is 9.99. The van der Waals surface area contributed by atoms with Gasteiger partial charge in [0.2, 0.25) is 0 Å². The summed E-state index contributed by atoms with van der Waals surface area (Å²) in [5.74, 6) is 0. The second-order valence-corrected chi connectivity index (χ2v) is 8.09. The lowest BCUT2D eigenvalue weighted by molar-refractivity contribution is 0.145. The Bertz CT molecular complexity index is 721. The molecule has 1 unspecified atom stereocenters. The number of nitrogens with zero attached hydrogens (tertiary/aromatic N) is 2. The van der Waals surface area contributed by atoms with Gasteiger partial charge in [0, 0.05) is 32.2 Å². The number of hydrogen-bond acceptors (Lipinski definition) is 3. The zero-order valence-electron chi connectivity index (χ0n) is 17.1. The summed E-state index contributed by atoms with van der Waals surface area (Å²) in [6, 6.07) is 20.6. The van der Waals surface area contributed by atoms with E-state index in [1.54, 1.807) is 0 Å². The Morgan fingerprint density at radius 3 is 2.21 bits per heavy atom. The largest absolute Gasteiger partial charge is 0.327 e. The Labute approximate surface area is 174 Å². The maximum Gasteiger partial charge on any atom is 0.318 e. The normalized spacial score (nSPS) is 20.2. The van der Waals surface area contributed by atoms with E-state index in [1.807, 2.05) is 41.3 Å². The van der Waals surface area contributed by atoms with E-state index in [2.05, 4.69) is 39.8 Å². The molecule has 2 aliphatic rings. The van der Waals surface area contributed by atoms with Crippen LogP contribution in [0.1, 0.15) is 36.4 Å². The minimum atomic E-state index is -0.140. The van der Waals surface area contributed by atoms with Crippen molar-refractivity contribution in [1.82, 2.24) is 20.4 Å². The summed E-state index contributed by atoms with van der Waals surface area (Å²) in [6.07, 6.45) is 3.65. The molecule has 5 heteroatoms. The highest BCUT2D eigenvalue weighted by Crippen LogP contribution is 2.23. The van der Waals surface area contributed by atoms with E-state index in [0.717, 1.165) is 43.7 Å². The molecule has 0 aliphatic carbocycles. The van der Waals surface area contributed by atoms with E-state index in [1.165, 1.54) is 25.9 Å². The first-order chi connectivity index (χ1) is 14.3. The smallest absolute Gasteiger partial charge is 0.318 e.